The van der Waals surface area contributed by atoms with E-state index in [1.807, 2.05) is 20.8 Å². The van der Waals surface area contributed by atoms with Crippen LogP contribution in [0.5, 0.6) is 0 Å². The van der Waals surface area contributed by atoms with Gasteiger partial charge in [0.25, 0.3) is 0 Å². The highest BCUT2D eigenvalue weighted by molar-refractivity contribution is 5.67. The smallest absolute Gasteiger partial charge is 0.410 e. The minimum absolute atomic E-state index is 0.361. The largest absolute Gasteiger partial charge is 0.499 e. The summed E-state index contributed by atoms with van der Waals surface area (Å²) in [7, 11) is 1.68. The van der Waals surface area contributed by atoms with E-state index in [0.29, 0.717) is 106 Å². The summed E-state index contributed by atoms with van der Waals surface area (Å²) in [5.74, 6) is 0. The lowest BCUT2D eigenvalue weighted by atomic mass is 10.2. The molecule has 0 aliphatic heterocycles. The van der Waals surface area contributed by atoms with Gasteiger partial charge in [-0.15, -0.1) is 0 Å². The Hall–Kier alpha value is -1.47. The molecule has 1 amide bonds. The number of rotatable bonds is 25. The second-order valence-corrected chi connectivity index (χ2v) is 8.23. The number of carbonyl (C=O) groups is 1. The van der Waals surface area contributed by atoms with E-state index in [0.717, 1.165) is 0 Å². The van der Waals surface area contributed by atoms with Crippen LogP contribution in [0, 0.1) is 0 Å². The van der Waals surface area contributed by atoms with Crippen LogP contribution < -0.4 is 0 Å². The van der Waals surface area contributed by atoms with Gasteiger partial charge in [-0.05, 0) is 20.8 Å². The molecule has 0 N–H and O–H groups in total. The van der Waals surface area contributed by atoms with Crippen LogP contribution in [0.3, 0.4) is 0 Å². The molecule has 0 fully saturated rings. The van der Waals surface area contributed by atoms with Crippen molar-refractivity contribution < 1.29 is 47.4 Å². The maximum Gasteiger partial charge on any atom is 0.410 e. The standard InChI is InChI=1S/C24H47NO10/c1-6-27-9-10-29-13-14-31-17-18-33-21-22-34-20-19-32-16-15-30-12-11-28-8-7-25(5)23(26)35-24(2,3)4/h6H,1,7-22H2,2-5H3. The minimum atomic E-state index is -0.503. The first-order valence-electron chi connectivity index (χ1n) is 12.1. The third kappa shape index (κ3) is 27.0. The summed E-state index contributed by atoms with van der Waals surface area (Å²) in [5.41, 5.74) is -0.503. The van der Waals surface area contributed by atoms with Crippen molar-refractivity contribution in [3.63, 3.8) is 0 Å². The van der Waals surface area contributed by atoms with Crippen molar-refractivity contribution in [1.82, 2.24) is 4.90 Å². The molecule has 0 heterocycles. The van der Waals surface area contributed by atoms with Gasteiger partial charge in [-0.25, -0.2) is 4.79 Å². The molecule has 0 aliphatic rings. The van der Waals surface area contributed by atoms with Gasteiger partial charge in [0, 0.05) is 13.6 Å². The Morgan fingerprint density at radius 3 is 1.26 bits per heavy atom. The molecular formula is C24H47NO10. The maximum absolute atomic E-state index is 11.8. The van der Waals surface area contributed by atoms with Crippen LogP contribution in [0.4, 0.5) is 4.79 Å². The van der Waals surface area contributed by atoms with Crippen molar-refractivity contribution >= 4 is 6.09 Å². The quantitative estimate of drug-likeness (QED) is 0.134. The average Bonchev–Trinajstić information content (AvgIpc) is 2.80. The van der Waals surface area contributed by atoms with Gasteiger partial charge >= 0.3 is 6.09 Å². The summed E-state index contributed by atoms with van der Waals surface area (Å²) in [6.07, 6.45) is 1.03. The van der Waals surface area contributed by atoms with E-state index in [-0.39, 0.29) is 6.09 Å². The van der Waals surface area contributed by atoms with Gasteiger partial charge in [0.05, 0.1) is 98.8 Å². The highest BCUT2D eigenvalue weighted by Crippen LogP contribution is 2.08. The topological polar surface area (TPSA) is 103 Å². The normalized spacial score (nSPS) is 11.4. The highest BCUT2D eigenvalue weighted by atomic mass is 16.6. The lowest BCUT2D eigenvalue weighted by Gasteiger charge is -2.24. The average molecular weight is 510 g/mol. The van der Waals surface area contributed by atoms with Crippen molar-refractivity contribution in [2.24, 2.45) is 0 Å². The summed E-state index contributed by atoms with van der Waals surface area (Å²) < 4.78 is 48.1. The van der Waals surface area contributed by atoms with Crippen molar-refractivity contribution in [1.29, 1.82) is 0 Å². The molecular weight excluding hydrogens is 462 g/mol. The van der Waals surface area contributed by atoms with Crippen molar-refractivity contribution in [2.75, 3.05) is 113 Å². The van der Waals surface area contributed by atoms with E-state index < -0.39 is 5.60 Å². The molecule has 208 valence electrons. The lowest BCUT2D eigenvalue weighted by Crippen LogP contribution is -2.36. The van der Waals surface area contributed by atoms with Crippen molar-refractivity contribution in [3.8, 4) is 0 Å². The molecule has 0 saturated heterocycles. The Labute approximate surface area is 210 Å². The number of nitrogens with zero attached hydrogens (tertiary/aromatic N) is 1. The molecule has 0 rings (SSSR count). The van der Waals surface area contributed by atoms with Crippen LogP contribution in [0.1, 0.15) is 20.8 Å². The summed E-state index contributed by atoms with van der Waals surface area (Å²) in [6.45, 7) is 16.8. The zero-order valence-corrected chi connectivity index (χ0v) is 22.1. The van der Waals surface area contributed by atoms with E-state index in [4.69, 9.17) is 42.6 Å². The Bertz CT molecular complexity index is 487. The van der Waals surface area contributed by atoms with Crippen LogP contribution in [-0.4, -0.2) is 129 Å². The molecule has 35 heavy (non-hydrogen) atoms. The fraction of sp³-hybridized carbons (Fsp3) is 0.875. The van der Waals surface area contributed by atoms with E-state index in [9.17, 15) is 4.79 Å². The molecule has 0 aromatic rings. The predicted octanol–water partition coefficient (Wildman–Crippen LogP) is 2.13. The first-order valence-corrected chi connectivity index (χ1v) is 12.1. The molecule has 11 heteroatoms. The van der Waals surface area contributed by atoms with Crippen LogP contribution in [-0.2, 0) is 42.6 Å². The predicted molar refractivity (Wildman–Crippen MR) is 131 cm³/mol. The molecule has 0 spiro atoms. The zero-order valence-electron chi connectivity index (χ0n) is 22.1. The zero-order chi connectivity index (χ0) is 26.0. The Morgan fingerprint density at radius 1 is 0.629 bits per heavy atom. The van der Waals surface area contributed by atoms with E-state index in [2.05, 4.69) is 6.58 Å². The number of ether oxygens (including phenoxy) is 9. The monoisotopic (exact) mass is 509 g/mol. The number of hydrogen-bond acceptors (Lipinski definition) is 10. The fourth-order valence-electron chi connectivity index (χ4n) is 2.24. The van der Waals surface area contributed by atoms with Gasteiger partial charge in [-0.1, -0.05) is 6.58 Å². The Balaban J connectivity index is 3.18. The van der Waals surface area contributed by atoms with Gasteiger partial charge in [0.1, 0.15) is 12.2 Å². The number of hydrogen-bond donors (Lipinski definition) is 0. The summed E-state index contributed by atoms with van der Waals surface area (Å²) in [4.78, 5) is 13.3. The van der Waals surface area contributed by atoms with Gasteiger partial charge in [-0.2, -0.15) is 0 Å². The molecule has 0 unspecified atom stereocenters. The van der Waals surface area contributed by atoms with Crippen LogP contribution in [0.15, 0.2) is 12.8 Å². The molecule has 0 radical (unpaired) electrons. The molecule has 0 aliphatic carbocycles. The number of amides is 1. The SMILES string of the molecule is C=COCCOCCOCCOCCOCCOCCOCCOCCN(C)C(=O)OC(C)(C)C. The molecule has 0 aromatic heterocycles. The van der Waals surface area contributed by atoms with Crippen LogP contribution in [0.25, 0.3) is 0 Å². The van der Waals surface area contributed by atoms with Gasteiger partial charge < -0.3 is 47.5 Å². The molecule has 0 atom stereocenters. The molecule has 0 aromatic carbocycles. The third-order valence-corrected chi connectivity index (χ3v) is 3.97. The Morgan fingerprint density at radius 2 is 0.943 bits per heavy atom. The third-order valence-electron chi connectivity index (χ3n) is 3.97. The van der Waals surface area contributed by atoms with Gasteiger partial charge in [0.15, 0.2) is 0 Å². The van der Waals surface area contributed by atoms with Crippen LogP contribution >= 0.6 is 0 Å². The molecule has 0 saturated carbocycles. The maximum atomic E-state index is 11.8. The first kappa shape index (κ1) is 33.5. The summed E-state index contributed by atoms with van der Waals surface area (Å²) >= 11 is 0. The van der Waals surface area contributed by atoms with Gasteiger partial charge in [0.2, 0.25) is 0 Å². The second-order valence-electron chi connectivity index (χ2n) is 8.23. The van der Waals surface area contributed by atoms with E-state index in [1.165, 1.54) is 11.2 Å². The Kier molecular flexibility index (Phi) is 23.2. The van der Waals surface area contributed by atoms with Crippen molar-refractivity contribution in [2.45, 2.75) is 26.4 Å². The first-order chi connectivity index (χ1) is 16.9. The number of carbonyl (C=O) groups excluding carboxylic acids is 1. The lowest BCUT2D eigenvalue weighted by molar-refractivity contribution is -0.0222. The summed E-state index contributed by atoms with van der Waals surface area (Å²) in [5, 5.41) is 0. The van der Waals surface area contributed by atoms with Gasteiger partial charge in [-0.3, -0.25) is 0 Å². The fourth-order valence-corrected chi connectivity index (χ4v) is 2.24. The van der Waals surface area contributed by atoms with Crippen LogP contribution in [0.2, 0.25) is 0 Å². The van der Waals surface area contributed by atoms with Crippen molar-refractivity contribution in [3.05, 3.63) is 12.8 Å². The minimum Gasteiger partial charge on any atom is -0.499 e. The van der Waals surface area contributed by atoms with E-state index >= 15 is 0 Å². The molecule has 11 nitrogen and oxygen atoms in total. The number of likely N-dealkylation sites (N-methyl/N-ethyl adjacent to an activating group) is 1. The summed E-state index contributed by atoms with van der Waals surface area (Å²) in [6, 6.07) is 0. The van der Waals surface area contributed by atoms with E-state index in [1.54, 1.807) is 7.05 Å². The highest BCUT2D eigenvalue weighted by Gasteiger charge is 2.19. The molecule has 0 bridgehead atoms. The second kappa shape index (κ2) is 24.2.